The highest BCUT2D eigenvalue weighted by molar-refractivity contribution is 5.78. The molecule has 1 aromatic rings. The van der Waals surface area contributed by atoms with Crippen molar-refractivity contribution in [3.63, 3.8) is 0 Å². The van der Waals surface area contributed by atoms with Crippen LogP contribution in [0.3, 0.4) is 0 Å². The van der Waals surface area contributed by atoms with Crippen molar-refractivity contribution in [2.75, 3.05) is 31.1 Å². The minimum Gasteiger partial charge on any atom is -0.369 e. The molecule has 1 aliphatic rings. The van der Waals surface area contributed by atoms with Crippen LogP contribution in [0.25, 0.3) is 0 Å². The summed E-state index contributed by atoms with van der Waals surface area (Å²) in [6.07, 6.45) is 8.28. The Labute approximate surface area is 141 Å². The molecule has 3 heteroatoms. The Morgan fingerprint density at radius 2 is 1.70 bits per heavy atom. The molecule has 0 radical (unpaired) electrons. The summed E-state index contributed by atoms with van der Waals surface area (Å²) < 4.78 is 0. The van der Waals surface area contributed by atoms with Gasteiger partial charge in [0.05, 0.1) is 0 Å². The molecule has 1 aliphatic heterocycles. The molecule has 0 spiro atoms. The van der Waals surface area contributed by atoms with Crippen LogP contribution in [0.1, 0.15) is 57.4 Å². The van der Waals surface area contributed by atoms with Crippen LogP contribution in [0.15, 0.2) is 24.3 Å². The number of carbonyl (C=O) groups excluding carboxylic acids is 1. The average Bonchev–Trinajstić information content (AvgIpc) is 2.61. The Kier molecular flexibility index (Phi) is 8.16. The first-order chi connectivity index (χ1) is 11.3. The number of piperazine rings is 1. The fraction of sp³-hybridized carbons (Fsp3) is 0.650. The normalized spacial score (nSPS) is 14.9. The van der Waals surface area contributed by atoms with Crippen LogP contribution in [0.4, 0.5) is 5.69 Å². The number of ketones is 1. The van der Waals surface area contributed by atoms with E-state index in [1.807, 2.05) is 0 Å². The zero-order valence-corrected chi connectivity index (χ0v) is 14.7. The molecule has 0 aliphatic carbocycles. The highest BCUT2D eigenvalue weighted by Crippen LogP contribution is 2.17. The van der Waals surface area contributed by atoms with Crippen molar-refractivity contribution in [3.05, 3.63) is 29.8 Å². The van der Waals surface area contributed by atoms with E-state index in [9.17, 15) is 4.79 Å². The first kappa shape index (κ1) is 18.0. The van der Waals surface area contributed by atoms with Crippen LogP contribution in [0, 0.1) is 0 Å². The van der Waals surface area contributed by atoms with Crippen LogP contribution in [-0.2, 0) is 11.2 Å². The standard InChI is InChI=1S/C20H32N2O/c1-2-3-8-20(23)9-6-4-5-7-18-10-12-19(13-11-18)22-16-14-21-15-17-22/h10-13,21H,2-9,14-17H2,1H3. The highest BCUT2D eigenvalue weighted by Gasteiger charge is 2.09. The Morgan fingerprint density at radius 1 is 1.00 bits per heavy atom. The van der Waals surface area contributed by atoms with Crippen molar-refractivity contribution in [2.24, 2.45) is 0 Å². The van der Waals surface area contributed by atoms with Gasteiger partial charge in [0.1, 0.15) is 5.78 Å². The Hall–Kier alpha value is -1.35. The van der Waals surface area contributed by atoms with Crippen molar-refractivity contribution >= 4 is 11.5 Å². The molecule has 1 fully saturated rings. The molecule has 0 atom stereocenters. The third kappa shape index (κ3) is 6.74. The fourth-order valence-electron chi connectivity index (χ4n) is 3.12. The second-order valence-corrected chi connectivity index (χ2v) is 6.61. The Bertz CT molecular complexity index is 449. The molecule has 1 N–H and O–H groups in total. The summed E-state index contributed by atoms with van der Waals surface area (Å²) in [6, 6.07) is 9.05. The van der Waals surface area contributed by atoms with E-state index in [0.717, 1.165) is 71.1 Å². The zero-order chi connectivity index (χ0) is 16.3. The number of anilines is 1. The summed E-state index contributed by atoms with van der Waals surface area (Å²) in [5.74, 6) is 0.451. The van der Waals surface area contributed by atoms with E-state index in [4.69, 9.17) is 0 Å². The van der Waals surface area contributed by atoms with Crippen LogP contribution in [0.5, 0.6) is 0 Å². The van der Waals surface area contributed by atoms with Gasteiger partial charge < -0.3 is 10.2 Å². The lowest BCUT2D eigenvalue weighted by Crippen LogP contribution is -2.43. The van der Waals surface area contributed by atoms with E-state index in [0.29, 0.717) is 5.78 Å². The lowest BCUT2D eigenvalue weighted by Gasteiger charge is -2.29. The van der Waals surface area contributed by atoms with Crippen LogP contribution < -0.4 is 10.2 Å². The third-order valence-corrected chi connectivity index (χ3v) is 4.65. The van der Waals surface area contributed by atoms with Gasteiger partial charge in [-0.3, -0.25) is 4.79 Å². The topological polar surface area (TPSA) is 32.3 Å². The van der Waals surface area contributed by atoms with Crippen molar-refractivity contribution < 1.29 is 4.79 Å². The summed E-state index contributed by atoms with van der Waals surface area (Å²) in [7, 11) is 0. The number of hydrogen-bond acceptors (Lipinski definition) is 3. The van der Waals surface area contributed by atoms with Gasteiger partial charge in [-0.15, -0.1) is 0 Å². The first-order valence-electron chi connectivity index (χ1n) is 9.36. The highest BCUT2D eigenvalue weighted by atomic mass is 16.1. The number of nitrogens with one attached hydrogen (secondary N) is 1. The van der Waals surface area contributed by atoms with E-state index in [1.54, 1.807) is 0 Å². The maximum atomic E-state index is 11.6. The summed E-state index contributed by atoms with van der Waals surface area (Å²) in [5, 5.41) is 3.39. The second kappa shape index (κ2) is 10.4. The fourth-order valence-corrected chi connectivity index (χ4v) is 3.12. The number of carbonyl (C=O) groups is 1. The van der Waals surface area contributed by atoms with Crippen LogP contribution >= 0.6 is 0 Å². The van der Waals surface area contributed by atoms with E-state index in [2.05, 4.69) is 41.4 Å². The summed E-state index contributed by atoms with van der Waals surface area (Å²) in [5.41, 5.74) is 2.76. The largest absolute Gasteiger partial charge is 0.369 e. The molecule has 0 aromatic heterocycles. The smallest absolute Gasteiger partial charge is 0.132 e. The second-order valence-electron chi connectivity index (χ2n) is 6.61. The number of nitrogens with zero attached hydrogens (tertiary/aromatic N) is 1. The van der Waals surface area contributed by atoms with Gasteiger partial charge in [0, 0.05) is 44.7 Å². The molecule has 1 aromatic carbocycles. The average molecular weight is 316 g/mol. The molecule has 0 saturated carbocycles. The van der Waals surface area contributed by atoms with E-state index in [-0.39, 0.29) is 0 Å². The van der Waals surface area contributed by atoms with Gasteiger partial charge in [-0.1, -0.05) is 31.9 Å². The van der Waals surface area contributed by atoms with Gasteiger partial charge >= 0.3 is 0 Å². The molecule has 3 nitrogen and oxygen atoms in total. The predicted molar refractivity (Wildman–Crippen MR) is 98.2 cm³/mol. The molecule has 1 heterocycles. The monoisotopic (exact) mass is 316 g/mol. The molecular weight excluding hydrogens is 284 g/mol. The SMILES string of the molecule is CCCCC(=O)CCCCCc1ccc(N2CCNCC2)cc1. The summed E-state index contributed by atoms with van der Waals surface area (Å²) >= 11 is 0. The molecule has 2 rings (SSSR count). The van der Waals surface area contributed by atoms with Crippen molar-refractivity contribution in [1.29, 1.82) is 0 Å². The number of unbranched alkanes of at least 4 members (excludes halogenated alkanes) is 3. The van der Waals surface area contributed by atoms with Crippen LogP contribution in [-0.4, -0.2) is 32.0 Å². The maximum absolute atomic E-state index is 11.6. The summed E-state index contributed by atoms with van der Waals surface area (Å²) in [4.78, 5) is 14.1. The number of rotatable bonds is 10. The Balaban J connectivity index is 1.61. The minimum atomic E-state index is 0.451. The quantitative estimate of drug-likeness (QED) is 0.663. The van der Waals surface area contributed by atoms with Gasteiger partial charge in [0.2, 0.25) is 0 Å². The molecular formula is C20H32N2O. The van der Waals surface area contributed by atoms with Crippen molar-refractivity contribution in [3.8, 4) is 0 Å². The molecule has 0 unspecified atom stereocenters. The molecule has 0 amide bonds. The lowest BCUT2D eigenvalue weighted by atomic mass is 10.0. The molecule has 0 bridgehead atoms. The lowest BCUT2D eigenvalue weighted by molar-refractivity contribution is -0.119. The summed E-state index contributed by atoms with van der Waals surface area (Å²) in [6.45, 7) is 6.51. The van der Waals surface area contributed by atoms with Gasteiger partial charge in [0.15, 0.2) is 0 Å². The first-order valence-corrected chi connectivity index (χ1v) is 9.36. The van der Waals surface area contributed by atoms with Gasteiger partial charge in [-0.05, 0) is 43.4 Å². The number of Topliss-reactive ketones (excluding diaryl/α,β-unsaturated/α-hetero) is 1. The predicted octanol–water partition coefficient (Wildman–Crippen LogP) is 3.96. The number of benzene rings is 1. The minimum absolute atomic E-state index is 0.451. The van der Waals surface area contributed by atoms with Crippen molar-refractivity contribution in [1.82, 2.24) is 5.32 Å². The Morgan fingerprint density at radius 3 is 2.39 bits per heavy atom. The molecule has 23 heavy (non-hydrogen) atoms. The molecule has 1 saturated heterocycles. The van der Waals surface area contributed by atoms with Gasteiger partial charge in [-0.25, -0.2) is 0 Å². The van der Waals surface area contributed by atoms with E-state index >= 15 is 0 Å². The van der Waals surface area contributed by atoms with Crippen LogP contribution in [0.2, 0.25) is 0 Å². The van der Waals surface area contributed by atoms with E-state index in [1.165, 1.54) is 17.7 Å². The van der Waals surface area contributed by atoms with E-state index < -0.39 is 0 Å². The maximum Gasteiger partial charge on any atom is 0.132 e. The third-order valence-electron chi connectivity index (χ3n) is 4.65. The zero-order valence-electron chi connectivity index (χ0n) is 14.7. The molecule has 128 valence electrons. The van der Waals surface area contributed by atoms with Gasteiger partial charge in [-0.2, -0.15) is 0 Å². The number of hydrogen-bond donors (Lipinski definition) is 1. The van der Waals surface area contributed by atoms with Crippen molar-refractivity contribution in [2.45, 2.75) is 58.3 Å². The van der Waals surface area contributed by atoms with Gasteiger partial charge in [0.25, 0.3) is 0 Å². The number of aryl methyl sites for hydroxylation is 1.